The van der Waals surface area contributed by atoms with Crippen molar-refractivity contribution in [2.45, 2.75) is 25.3 Å². The first-order valence-corrected chi connectivity index (χ1v) is 7.01. The molecule has 1 aliphatic rings. The maximum Gasteiger partial charge on any atom is 0.251 e. The lowest BCUT2D eigenvalue weighted by molar-refractivity contribution is 0.0932. The molecular weight excluding hydrogens is 264 g/mol. The lowest BCUT2D eigenvalue weighted by Gasteiger charge is -2.23. The number of aromatic nitrogens is 2. The van der Waals surface area contributed by atoms with E-state index in [4.69, 9.17) is 5.26 Å². The van der Waals surface area contributed by atoms with Crippen molar-refractivity contribution in [3.05, 3.63) is 52.8 Å². The number of benzene rings is 1. The van der Waals surface area contributed by atoms with Gasteiger partial charge in [-0.25, -0.2) is 0 Å². The first-order chi connectivity index (χ1) is 10.2. The van der Waals surface area contributed by atoms with E-state index in [2.05, 4.69) is 16.5 Å². The van der Waals surface area contributed by atoms with E-state index in [1.807, 2.05) is 17.9 Å². The number of nitrogens with zero attached hydrogens (tertiary/aromatic N) is 3. The number of hydrogen-bond acceptors (Lipinski definition) is 3. The zero-order valence-electron chi connectivity index (χ0n) is 11.8. The molecule has 1 amide bonds. The minimum atomic E-state index is -0.145. The van der Waals surface area contributed by atoms with Crippen LogP contribution in [-0.2, 0) is 13.5 Å². The highest BCUT2D eigenvalue weighted by Gasteiger charge is 2.25. The molecule has 0 saturated carbocycles. The summed E-state index contributed by atoms with van der Waals surface area (Å²) in [6.45, 7) is 0. The summed E-state index contributed by atoms with van der Waals surface area (Å²) in [6.07, 6.45) is 4.80. The molecule has 0 bridgehead atoms. The van der Waals surface area contributed by atoms with Gasteiger partial charge in [-0.3, -0.25) is 9.48 Å². The quantitative estimate of drug-likeness (QED) is 0.915. The molecule has 5 heteroatoms. The van der Waals surface area contributed by atoms with Gasteiger partial charge in [0.1, 0.15) is 0 Å². The molecule has 1 aliphatic carbocycles. The molecule has 1 atom stereocenters. The SMILES string of the molecule is Cn1ncc2c1CCCC2NC(=O)c1cccc(C#N)c1. The van der Waals surface area contributed by atoms with Gasteiger partial charge in [0.15, 0.2) is 0 Å². The van der Waals surface area contributed by atoms with Gasteiger partial charge in [-0.05, 0) is 37.5 Å². The van der Waals surface area contributed by atoms with Crippen LogP contribution in [0.25, 0.3) is 0 Å². The van der Waals surface area contributed by atoms with Crippen LogP contribution in [0.5, 0.6) is 0 Å². The molecule has 1 aromatic carbocycles. The van der Waals surface area contributed by atoms with Gasteiger partial charge in [-0.2, -0.15) is 10.4 Å². The predicted molar refractivity (Wildman–Crippen MR) is 77.5 cm³/mol. The van der Waals surface area contributed by atoms with E-state index >= 15 is 0 Å². The summed E-state index contributed by atoms with van der Waals surface area (Å²) < 4.78 is 1.88. The molecule has 0 aliphatic heterocycles. The number of aryl methyl sites for hydroxylation is 1. The molecule has 0 spiro atoms. The van der Waals surface area contributed by atoms with Crippen molar-refractivity contribution in [3.63, 3.8) is 0 Å². The number of nitriles is 1. The second kappa shape index (κ2) is 5.41. The molecule has 1 N–H and O–H groups in total. The molecule has 5 nitrogen and oxygen atoms in total. The predicted octanol–water partition coefficient (Wildman–Crippen LogP) is 2.10. The second-order valence-electron chi connectivity index (χ2n) is 5.28. The summed E-state index contributed by atoms with van der Waals surface area (Å²) in [4.78, 5) is 12.3. The molecule has 0 radical (unpaired) electrons. The van der Waals surface area contributed by atoms with Gasteiger partial charge in [0.05, 0.1) is 23.9 Å². The van der Waals surface area contributed by atoms with Gasteiger partial charge >= 0.3 is 0 Å². The summed E-state index contributed by atoms with van der Waals surface area (Å²) in [5, 5.41) is 16.2. The van der Waals surface area contributed by atoms with Crippen molar-refractivity contribution in [3.8, 4) is 6.07 Å². The first-order valence-electron chi connectivity index (χ1n) is 7.01. The Labute approximate surface area is 123 Å². The molecule has 106 valence electrons. The van der Waals surface area contributed by atoms with Crippen LogP contribution in [-0.4, -0.2) is 15.7 Å². The van der Waals surface area contributed by atoms with Gasteiger partial charge in [-0.15, -0.1) is 0 Å². The fraction of sp³-hybridized carbons (Fsp3) is 0.312. The Morgan fingerprint density at radius 1 is 1.52 bits per heavy atom. The van der Waals surface area contributed by atoms with Crippen molar-refractivity contribution in [2.75, 3.05) is 0 Å². The Kier molecular flexibility index (Phi) is 3.44. The molecule has 1 heterocycles. The Bertz CT molecular complexity index is 726. The number of nitrogens with one attached hydrogen (secondary N) is 1. The van der Waals surface area contributed by atoms with Crippen LogP contribution in [0, 0.1) is 11.3 Å². The lowest BCUT2D eigenvalue weighted by Crippen LogP contribution is -2.31. The Morgan fingerprint density at radius 2 is 2.38 bits per heavy atom. The van der Waals surface area contributed by atoms with Crippen LogP contribution in [0.2, 0.25) is 0 Å². The van der Waals surface area contributed by atoms with Crippen LogP contribution >= 0.6 is 0 Å². The first kappa shape index (κ1) is 13.4. The van der Waals surface area contributed by atoms with E-state index in [0.717, 1.165) is 24.8 Å². The minimum absolute atomic E-state index is 0.000641. The zero-order chi connectivity index (χ0) is 14.8. The van der Waals surface area contributed by atoms with Crippen molar-refractivity contribution in [2.24, 2.45) is 7.05 Å². The highest BCUT2D eigenvalue weighted by atomic mass is 16.1. The van der Waals surface area contributed by atoms with E-state index < -0.39 is 0 Å². The van der Waals surface area contributed by atoms with E-state index in [1.54, 1.807) is 24.3 Å². The highest BCUT2D eigenvalue weighted by Crippen LogP contribution is 2.29. The molecule has 21 heavy (non-hydrogen) atoms. The van der Waals surface area contributed by atoms with Crippen molar-refractivity contribution >= 4 is 5.91 Å². The fourth-order valence-corrected chi connectivity index (χ4v) is 2.83. The highest BCUT2D eigenvalue weighted by molar-refractivity contribution is 5.94. The average molecular weight is 280 g/mol. The van der Waals surface area contributed by atoms with Crippen LogP contribution in [0.15, 0.2) is 30.5 Å². The Morgan fingerprint density at radius 3 is 3.19 bits per heavy atom. The van der Waals surface area contributed by atoms with Crippen LogP contribution in [0.1, 0.15) is 46.1 Å². The van der Waals surface area contributed by atoms with Gasteiger partial charge in [0.25, 0.3) is 5.91 Å². The van der Waals surface area contributed by atoms with E-state index in [1.165, 1.54) is 5.69 Å². The number of carbonyl (C=O) groups excluding carboxylic acids is 1. The van der Waals surface area contributed by atoms with Crippen LogP contribution in [0.4, 0.5) is 0 Å². The van der Waals surface area contributed by atoms with Crippen molar-refractivity contribution in [1.29, 1.82) is 5.26 Å². The number of rotatable bonds is 2. The normalized spacial score (nSPS) is 16.9. The van der Waals surface area contributed by atoms with Crippen molar-refractivity contribution in [1.82, 2.24) is 15.1 Å². The number of amides is 1. The summed E-state index contributed by atoms with van der Waals surface area (Å²) in [7, 11) is 1.93. The smallest absolute Gasteiger partial charge is 0.251 e. The number of carbonyl (C=O) groups is 1. The fourth-order valence-electron chi connectivity index (χ4n) is 2.83. The summed E-state index contributed by atoms with van der Waals surface area (Å²) >= 11 is 0. The van der Waals surface area contributed by atoms with Crippen LogP contribution in [0.3, 0.4) is 0 Å². The molecule has 0 fully saturated rings. The largest absolute Gasteiger partial charge is 0.345 e. The Hall–Kier alpha value is -2.61. The maximum absolute atomic E-state index is 12.3. The minimum Gasteiger partial charge on any atom is -0.345 e. The zero-order valence-corrected chi connectivity index (χ0v) is 11.8. The van der Waals surface area contributed by atoms with E-state index in [9.17, 15) is 4.79 Å². The van der Waals surface area contributed by atoms with Crippen LogP contribution < -0.4 is 5.32 Å². The molecule has 2 aromatic rings. The van der Waals surface area contributed by atoms with Gasteiger partial charge in [0, 0.05) is 23.9 Å². The third kappa shape index (κ3) is 2.52. The van der Waals surface area contributed by atoms with E-state index in [0.29, 0.717) is 11.1 Å². The van der Waals surface area contributed by atoms with Gasteiger partial charge < -0.3 is 5.32 Å². The monoisotopic (exact) mass is 280 g/mol. The molecule has 0 saturated heterocycles. The number of fused-ring (bicyclic) bond motifs is 1. The maximum atomic E-state index is 12.3. The summed E-state index contributed by atoms with van der Waals surface area (Å²) in [5.74, 6) is -0.145. The molecule has 1 unspecified atom stereocenters. The third-order valence-corrected chi connectivity index (χ3v) is 3.93. The van der Waals surface area contributed by atoms with Gasteiger partial charge in [0.2, 0.25) is 0 Å². The lowest BCUT2D eigenvalue weighted by atomic mass is 9.92. The second-order valence-corrected chi connectivity index (χ2v) is 5.28. The average Bonchev–Trinajstić information content (AvgIpc) is 2.90. The molecular formula is C16H16N4O. The summed E-state index contributed by atoms with van der Waals surface area (Å²) in [5.41, 5.74) is 3.31. The standard InChI is InChI=1S/C16H16N4O/c1-20-15-7-3-6-14(13(15)10-18-20)19-16(21)12-5-2-4-11(8-12)9-17/h2,4-5,8,10,14H,3,6-7H2,1H3,(H,19,21). The van der Waals surface area contributed by atoms with Crippen molar-refractivity contribution < 1.29 is 4.79 Å². The molecule has 1 aromatic heterocycles. The summed E-state index contributed by atoms with van der Waals surface area (Å²) in [6, 6.07) is 8.81. The van der Waals surface area contributed by atoms with E-state index in [-0.39, 0.29) is 11.9 Å². The Balaban J connectivity index is 1.81. The number of hydrogen-bond donors (Lipinski definition) is 1. The third-order valence-electron chi connectivity index (χ3n) is 3.93. The topological polar surface area (TPSA) is 70.7 Å². The van der Waals surface area contributed by atoms with Gasteiger partial charge in [-0.1, -0.05) is 6.07 Å². The molecule has 3 rings (SSSR count).